The molecule has 1 heterocycles. The summed E-state index contributed by atoms with van der Waals surface area (Å²) in [6.45, 7) is 0. The summed E-state index contributed by atoms with van der Waals surface area (Å²) >= 11 is 0. The van der Waals surface area contributed by atoms with Gasteiger partial charge in [-0.05, 0) is 11.1 Å². The number of nitrogens with one attached hydrogen (secondary N) is 1. The van der Waals surface area contributed by atoms with E-state index < -0.39 is 0 Å². The van der Waals surface area contributed by atoms with Gasteiger partial charge in [0.05, 0.1) is 0 Å². The van der Waals surface area contributed by atoms with Crippen LogP contribution in [0.15, 0.2) is 67.0 Å². The van der Waals surface area contributed by atoms with Crippen molar-refractivity contribution in [1.82, 2.24) is 20.6 Å². The van der Waals surface area contributed by atoms with Crippen molar-refractivity contribution in [3.8, 4) is 0 Å². The predicted octanol–water partition coefficient (Wildman–Crippen LogP) is 3.06. The molecule has 0 atom stereocenters. The van der Waals surface area contributed by atoms with Gasteiger partial charge in [-0.1, -0.05) is 78.0 Å². The molecule has 0 amide bonds. The van der Waals surface area contributed by atoms with E-state index in [0.717, 1.165) is 0 Å². The molecule has 3 aromatic rings. The predicted molar refractivity (Wildman–Crippen MR) is 76.0 cm³/mol. The Hall–Kier alpha value is -2.75. The molecular weight excluding hydrogens is 236 g/mol. The molecule has 0 unspecified atom stereocenters. The molecule has 0 saturated carbocycles. The Labute approximate surface area is 111 Å². The molecule has 0 saturated heterocycles. The Morgan fingerprint density at radius 3 is 1.58 bits per heavy atom. The zero-order valence-corrected chi connectivity index (χ0v) is 10.3. The van der Waals surface area contributed by atoms with Crippen LogP contribution in [-0.2, 0) is 0 Å². The van der Waals surface area contributed by atoms with E-state index in [1.165, 1.54) is 17.5 Å². The van der Waals surface area contributed by atoms with Gasteiger partial charge in [-0.25, -0.2) is 0 Å². The van der Waals surface area contributed by atoms with Gasteiger partial charge in [-0.3, -0.25) is 0 Å². The van der Waals surface area contributed by atoms with Gasteiger partial charge in [-0.2, -0.15) is 5.21 Å². The molecule has 4 nitrogen and oxygen atoms in total. The fraction of sp³-hybridized carbons (Fsp3) is 0. The summed E-state index contributed by atoms with van der Waals surface area (Å²) in [5.74, 6) is 0. The van der Waals surface area contributed by atoms with Crippen LogP contribution in [0.5, 0.6) is 0 Å². The molecule has 0 spiro atoms. The van der Waals surface area contributed by atoms with Crippen molar-refractivity contribution in [3.63, 3.8) is 0 Å². The van der Waals surface area contributed by atoms with Gasteiger partial charge in [0.1, 0.15) is 0 Å². The Bertz CT molecular complexity index is 515. The van der Waals surface area contributed by atoms with E-state index in [-0.39, 0.29) is 0 Å². The van der Waals surface area contributed by atoms with Crippen LogP contribution in [0.2, 0.25) is 0 Å². The molecule has 4 heteroatoms. The first-order valence-corrected chi connectivity index (χ1v) is 5.90. The molecule has 2 aromatic carbocycles. The molecule has 0 radical (unpaired) electrons. The maximum Gasteiger partial charge on any atom is 0.161 e. The van der Waals surface area contributed by atoms with Gasteiger partial charge in [0.2, 0.25) is 0 Å². The SMILES string of the molecule is C(=Cc1ccccc1)c1ccccc1.c1nn[nH]n1. The Kier molecular flexibility index (Phi) is 5.05. The second-order valence-corrected chi connectivity index (χ2v) is 3.71. The van der Waals surface area contributed by atoms with Crippen LogP contribution in [0.4, 0.5) is 0 Å². The standard InChI is InChI=1S/C14H12.CH2N4/c1-3-7-13(8-4-1)11-12-14-9-5-2-6-10-14;1-2-4-5-3-1/h1-12H;1H,(H,2,3,4,5). The van der Waals surface area contributed by atoms with E-state index in [9.17, 15) is 0 Å². The van der Waals surface area contributed by atoms with Crippen molar-refractivity contribution in [2.45, 2.75) is 0 Å². The highest BCUT2D eigenvalue weighted by atomic mass is 15.5. The summed E-state index contributed by atoms with van der Waals surface area (Å²) in [4.78, 5) is 0. The second kappa shape index (κ2) is 7.55. The van der Waals surface area contributed by atoms with E-state index >= 15 is 0 Å². The normalized spacial score (nSPS) is 9.89. The van der Waals surface area contributed by atoms with Crippen molar-refractivity contribution in [2.75, 3.05) is 0 Å². The smallest absolute Gasteiger partial charge is 0.161 e. The molecule has 0 bridgehead atoms. The van der Waals surface area contributed by atoms with Gasteiger partial charge >= 0.3 is 0 Å². The fourth-order valence-electron chi connectivity index (χ4n) is 1.45. The molecule has 0 fully saturated rings. The zero-order chi connectivity index (χ0) is 13.2. The first-order chi connectivity index (χ1) is 9.45. The number of aromatic amines is 1. The van der Waals surface area contributed by atoms with Gasteiger partial charge in [0, 0.05) is 0 Å². The summed E-state index contributed by atoms with van der Waals surface area (Å²) in [7, 11) is 0. The topological polar surface area (TPSA) is 54.5 Å². The molecule has 19 heavy (non-hydrogen) atoms. The van der Waals surface area contributed by atoms with Crippen molar-refractivity contribution >= 4 is 12.2 Å². The van der Waals surface area contributed by atoms with E-state index in [2.05, 4.69) is 57.0 Å². The fourth-order valence-corrected chi connectivity index (χ4v) is 1.45. The van der Waals surface area contributed by atoms with Crippen molar-refractivity contribution in [2.24, 2.45) is 0 Å². The van der Waals surface area contributed by atoms with Crippen LogP contribution in [0.3, 0.4) is 0 Å². The van der Waals surface area contributed by atoms with Crippen molar-refractivity contribution in [1.29, 1.82) is 0 Å². The Balaban J connectivity index is 0.000000224. The number of H-pyrrole nitrogens is 1. The first-order valence-electron chi connectivity index (χ1n) is 5.90. The van der Waals surface area contributed by atoms with Crippen molar-refractivity contribution < 1.29 is 0 Å². The van der Waals surface area contributed by atoms with Gasteiger partial charge in [0.25, 0.3) is 0 Å². The number of rotatable bonds is 2. The lowest BCUT2D eigenvalue weighted by molar-refractivity contribution is 0.881. The molecular formula is C15H14N4. The van der Waals surface area contributed by atoms with Crippen LogP contribution < -0.4 is 0 Å². The molecule has 3 rings (SSSR count). The summed E-state index contributed by atoms with van der Waals surface area (Å²) in [5.41, 5.74) is 2.47. The van der Waals surface area contributed by atoms with E-state index in [1.807, 2.05) is 36.4 Å². The average Bonchev–Trinajstić information content (AvgIpc) is 3.07. The highest BCUT2D eigenvalue weighted by Crippen LogP contribution is 2.06. The summed E-state index contributed by atoms with van der Waals surface area (Å²) in [6.07, 6.45) is 5.57. The van der Waals surface area contributed by atoms with Crippen LogP contribution in [0.1, 0.15) is 11.1 Å². The Morgan fingerprint density at radius 2 is 1.26 bits per heavy atom. The number of benzene rings is 2. The lowest BCUT2D eigenvalue weighted by atomic mass is 10.1. The summed E-state index contributed by atoms with van der Waals surface area (Å²) in [6, 6.07) is 20.6. The molecule has 1 aromatic heterocycles. The third-order valence-corrected chi connectivity index (χ3v) is 2.34. The minimum Gasteiger partial charge on any atom is -0.177 e. The van der Waals surface area contributed by atoms with Gasteiger partial charge in [-0.15, -0.1) is 10.2 Å². The zero-order valence-electron chi connectivity index (χ0n) is 10.3. The molecule has 0 aliphatic carbocycles. The van der Waals surface area contributed by atoms with Crippen LogP contribution in [-0.4, -0.2) is 20.6 Å². The minimum atomic E-state index is 1.23. The lowest BCUT2D eigenvalue weighted by Gasteiger charge is -1.92. The third-order valence-electron chi connectivity index (χ3n) is 2.34. The van der Waals surface area contributed by atoms with Gasteiger partial charge in [0.15, 0.2) is 6.33 Å². The van der Waals surface area contributed by atoms with Crippen LogP contribution in [0.25, 0.3) is 12.2 Å². The largest absolute Gasteiger partial charge is 0.177 e. The van der Waals surface area contributed by atoms with E-state index in [0.29, 0.717) is 0 Å². The number of hydrogen-bond donors (Lipinski definition) is 1. The van der Waals surface area contributed by atoms with Crippen molar-refractivity contribution in [3.05, 3.63) is 78.1 Å². The number of nitrogens with zero attached hydrogens (tertiary/aromatic N) is 3. The van der Waals surface area contributed by atoms with E-state index in [1.54, 1.807) is 0 Å². The molecule has 1 N–H and O–H groups in total. The highest BCUT2D eigenvalue weighted by molar-refractivity contribution is 5.69. The Morgan fingerprint density at radius 1 is 0.737 bits per heavy atom. The monoisotopic (exact) mass is 250 g/mol. The summed E-state index contributed by atoms with van der Waals surface area (Å²) < 4.78 is 0. The van der Waals surface area contributed by atoms with Crippen LogP contribution >= 0.6 is 0 Å². The average molecular weight is 250 g/mol. The number of hydrogen-bond acceptors (Lipinski definition) is 3. The highest BCUT2D eigenvalue weighted by Gasteiger charge is 1.84. The second-order valence-electron chi connectivity index (χ2n) is 3.71. The number of tetrazole rings is 1. The van der Waals surface area contributed by atoms with E-state index in [4.69, 9.17) is 0 Å². The number of aromatic nitrogens is 4. The van der Waals surface area contributed by atoms with Crippen LogP contribution in [0, 0.1) is 0 Å². The summed E-state index contributed by atoms with van der Waals surface area (Å²) in [5, 5.41) is 12.2. The first kappa shape index (κ1) is 12.7. The third kappa shape index (κ3) is 4.95. The molecule has 94 valence electrons. The molecule has 0 aliphatic heterocycles. The maximum atomic E-state index is 3.38. The van der Waals surface area contributed by atoms with Gasteiger partial charge < -0.3 is 0 Å². The maximum absolute atomic E-state index is 3.38. The quantitative estimate of drug-likeness (QED) is 0.711. The minimum absolute atomic E-state index is 1.23. The molecule has 0 aliphatic rings. The lowest BCUT2D eigenvalue weighted by Crippen LogP contribution is -1.70.